The first kappa shape index (κ1) is 17.9. The number of benzene rings is 1. The zero-order valence-electron chi connectivity index (χ0n) is 16.6. The Kier molecular flexibility index (Phi) is 3.95. The van der Waals surface area contributed by atoms with Crippen LogP contribution in [0.4, 0.5) is 10.2 Å². The molecule has 5 heterocycles. The summed E-state index contributed by atoms with van der Waals surface area (Å²) < 4.78 is 33.7. The lowest BCUT2D eigenvalue weighted by Crippen LogP contribution is -2.13. The minimum absolute atomic E-state index is 0.0452. The second kappa shape index (κ2) is 6.83. The lowest BCUT2D eigenvalue weighted by atomic mass is 9.96. The van der Waals surface area contributed by atoms with E-state index in [2.05, 4.69) is 20.5 Å². The number of hydrogen-bond acceptors (Lipinski definition) is 7. The van der Waals surface area contributed by atoms with Crippen molar-refractivity contribution in [1.82, 2.24) is 19.6 Å². The molecule has 2 aliphatic rings. The summed E-state index contributed by atoms with van der Waals surface area (Å²) in [7, 11) is 1.57. The second-order valence-electron chi connectivity index (χ2n) is 7.49. The van der Waals surface area contributed by atoms with Gasteiger partial charge in [-0.3, -0.25) is 4.40 Å². The van der Waals surface area contributed by atoms with Gasteiger partial charge >= 0.3 is 0 Å². The first-order valence-corrected chi connectivity index (χ1v) is 9.91. The van der Waals surface area contributed by atoms with Gasteiger partial charge in [-0.25, -0.2) is 9.37 Å². The number of halogens is 1. The number of nitrogens with one attached hydrogen (secondary N) is 1. The summed E-state index contributed by atoms with van der Waals surface area (Å²) in [4.78, 5) is 4.30. The molecular weight excluding hydrogens is 401 g/mol. The first-order valence-electron chi connectivity index (χ1n) is 9.91. The van der Waals surface area contributed by atoms with Crippen LogP contribution in [0.5, 0.6) is 17.4 Å². The molecule has 0 radical (unpaired) electrons. The van der Waals surface area contributed by atoms with Gasteiger partial charge in [0.25, 0.3) is 0 Å². The summed E-state index contributed by atoms with van der Waals surface area (Å²) in [5, 5.41) is 11.7. The molecule has 0 unspecified atom stereocenters. The van der Waals surface area contributed by atoms with E-state index >= 15 is 0 Å². The van der Waals surface area contributed by atoms with Crippen LogP contribution in [0.3, 0.4) is 0 Å². The van der Waals surface area contributed by atoms with Crippen LogP contribution in [0, 0.1) is 5.82 Å². The summed E-state index contributed by atoms with van der Waals surface area (Å²) in [6, 6.07) is 8.75. The number of aromatic nitrogens is 4. The number of rotatable bonds is 2. The molecule has 0 amide bonds. The summed E-state index contributed by atoms with van der Waals surface area (Å²) in [6.45, 7) is 1.12. The number of anilines is 1. The van der Waals surface area contributed by atoms with Gasteiger partial charge < -0.3 is 19.5 Å². The van der Waals surface area contributed by atoms with E-state index in [0.717, 1.165) is 22.4 Å². The Morgan fingerprint density at radius 3 is 2.84 bits per heavy atom. The molecular formula is C22H18FN5O3. The molecule has 1 N–H and O–H groups in total. The van der Waals surface area contributed by atoms with Crippen molar-refractivity contribution in [2.24, 2.45) is 0 Å². The Balaban J connectivity index is 1.49. The maximum atomic E-state index is 14.7. The molecule has 4 aromatic rings. The topological polar surface area (TPSA) is 82.8 Å². The molecule has 6 rings (SSSR count). The summed E-state index contributed by atoms with van der Waals surface area (Å²) >= 11 is 0. The number of fused-ring (bicyclic) bond motifs is 3. The van der Waals surface area contributed by atoms with Crippen LogP contribution in [0.1, 0.15) is 17.0 Å². The van der Waals surface area contributed by atoms with Gasteiger partial charge in [-0.05, 0) is 24.3 Å². The van der Waals surface area contributed by atoms with Crippen molar-refractivity contribution in [1.29, 1.82) is 0 Å². The molecule has 0 bridgehead atoms. The summed E-state index contributed by atoms with van der Waals surface area (Å²) in [6.07, 6.45) is 3.34. The number of methoxy groups -OCH3 is 1. The lowest BCUT2D eigenvalue weighted by Gasteiger charge is -2.16. The highest BCUT2D eigenvalue weighted by Gasteiger charge is 2.31. The van der Waals surface area contributed by atoms with Crippen molar-refractivity contribution in [3.8, 4) is 28.5 Å². The zero-order valence-corrected chi connectivity index (χ0v) is 16.6. The molecule has 0 saturated heterocycles. The minimum Gasteiger partial charge on any atom is -0.493 e. The third-order valence-corrected chi connectivity index (χ3v) is 5.78. The third-order valence-electron chi connectivity index (χ3n) is 5.78. The second-order valence-corrected chi connectivity index (χ2v) is 7.49. The van der Waals surface area contributed by atoms with E-state index in [0.29, 0.717) is 48.4 Å². The molecule has 3 aromatic heterocycles. The van der Waals surface area contributed by atoms with Crippen molar-refractivity contribution < 1.29 is 18.6 Å². The van der Waals surface area contributed by atoms with Gasteiger partial charge in [0, 0.05) is 41.1 Å². The monoisotopic (exact) mass is 419 g/mol. The lowest BCUT2D eigenvalue weighted by molar-refractivity contribution is 0.249. The highest BCUT2D eigenvalue weighted by atomic mass is 19.1. The molecule has 8 nitrogen and oxygen atoms in total. The quantitative estimate of drug-likeness (QED) is 0.533. The largest absolute Gasteiger partial charge is 0.493 e. The van der Waals surface area contributed by atoms with Gasteiger partial charge in [-0.1, -0.05) is 0 Å². The molecule has 0 spiro atoms. The van der Waals surface area contributed by atoms with Gasteiger partial charge in [-0.15, -0.1) is 10.2 Å². The molecule has 0 saturated carbocycles. The molecule has 2 aliphatic heterocycles. The van der Waals surface area contributed by atoms with Crippen LogP contribution in [0.2, 0.25) is 0 Å². The Hall–Kier alpha value is -3.88. The van der Waals surface area contributed by atoms with E-state index in [1.165, 1.54) is 6.07 Å². The third kappa shape index (κ3) is 2.77. The molecule has 0 aliphatic carbocycles. The van der Waals surface area contributed by atoms with Crippen LogP contribution in [-0.2, 0) is 6.54 Å². The van der Waals surface area contributed by atoms with Crippen LogP contribution in [0.15, 0.2) is 42.9 Å². The SMILES string of the molecule is COc1ccc(-c2cc3c(n4cnnc24)NCc2c(F)ccc4c2[C@@H](CO4)CO3)cn1. The smallest absolute Gasteiger partial charge is 0.212 e. The van der Waals surface area contributed by atoms with Gasteiger partial charge in [0.15, 0.2) is 17.2 Å². The van der Waals surface area contributed by atoms with E-state index in [-0.39, 0.29) is 11.7 Å². The van der Waals surface area contributed by atoms with Crippen molar-refractivity contribution in [2.45, 2.75) is 12.5 Å². The van der Waals surface area contributed by atoms with Crippen molar-refractivity contribution in [2.75, 3.05) is 25.6 Å². The average Bonchev–Trinajstić information content (AvgIpc) is 3.45. The fourth-order valence-electron chi connectivity index (χ4n) is 4.26. The van der Waals surface area contributed by atoms with E-state index in [1.807, 2.05) is 16.5 Å². The maximum Gasteiger partial charge on any atom is 0.212 e. The average molecular weight is 419 g/mol. The van der Waals surface area contributed by atoms with E-state index in [1.54, 1.807) is 31.8 Å². The van der Waals surface area contributed by atoms with Crippen LogP contribution < -0.4 is 19.5 Å². The fourth-order valence-corrected chi connectivity index (χ4v) is 4.26. The normalized spacial score (nSPS) is 16.8. The molecule has 31 heavy (non-hydrogen) atoms. The molecule has 1 atom stereocenters. The highest BCUT2D eigenvalue weighted by Crippen LogP contribution is 2.41. The maximum absolute atomic E-state index is 14.7. The van der Waals surface area contributed by atoms with Crippen LogP contribution >= 0.6 is 0 Å². The Morgan fingerprint density at radius 1 is 1.16 bits per heavy atom. The van der Waals surface area contributed by atoms with E-state index < -0.39 is 0 Å². The van der Waals surface area contributed by atoms with Gasteiger partial charge in [0.2, 0.25) is 5.88 Å². The fraction of sp³-hybridized carbons (Fsp3) is 0.227. The van der Waals surface area contributed by atoms with Crippen molar-refractivity contribution in [3.63, 3.8) is 0 Å². The van der Waals surface area contributed by atoms with Gasteiger partial charge in [-0.2, -0.15) is 0 Å². The number of hydrogen-bond donors (Lipinski definition) is 1. The first-order chi connectivity index (χ1) is 15.2. The standard InChI is InChI=1S/C22H18FN5O3/c1-29-19-5-2-12(7-24-19)14-6-18-22(28-11-26-27-21(14)28)25-8-15-16(23)3-4-17-20(15)13(9-30-17)10-31-18/h2-7,11,13,25H,8-10H2,1H3/t13-/m0/s1. The predicted octanol–water partition coefficient (Wildman–Crippen LogP) is 3.42. The summed E-state index contributed by atoms with van der Waals surface area (Å²) in [5.74, 6) is 2.24. The van der Waals surface area contributed by atoms with E-state index in [4.69, 9.17) is 14.2 Å². The minimum atomic E-state index is -0.258. The Morgan fingerprint density at radius 2 is 2.03 bits per heavy atom. The van der Waals surface area contributed by atoms with Crippen molar-refractivity contribution in [3.05, 3.63) is 59.8 Å². The number of pyridine rings is 2. The van der Waals surface area contributed by atoms with Crippen LogP contribution in [0.25, 0.3) is 16.8 Å². The molecule has 156 valence electrons. The van der Waals surface area contributed by atoms with Gasteiger partial charge in [0.05, 0.1) is 26.2 Å². The molecule has 9 heteroatoms. The van der Waals surface area contributed by atoms with Gasteiger partial charge in [0.1, 0.15) is 17.9 Å². The van der Waals surface area contributed by atoms with E-state index in [9.17, 15) is 4.39 Å². The number of ether oxygens (including phenoxy) is 3. The van der Waals surface area contributed by atoms with Crippen LogP contribution in [-0.4, -0.2) is 39.9 Å². The predicted molar refractivity (Wildman–Crippen MR) is 110 cm³/mol. The molecule has 0 fully saturated rings. The highest BCUT2D eigenvalue weighted by molar-refractivity contribution is 5.81. The molecule has 1 aromatic carbocycles. The number of nitrogens with zero attached hydrogens (tertiary/aromatic N) is 4. The zero-order chi connectivity index (χ0) is 20.9. The Labute approximate surface area is 176 Å². The Bertz CT molecular complexity index is 1300. The van der Waals surface area contributed by atoms with Crippen molar-refractivity contribution >= 4 is 11.5 Å². The summed E-state index contributed by atoms with van der Waals surface area (Å²) in [5.41, 5.74) is 3.79.